The number of ether oxygens (including phenoxy) is 1. The van der Waals surface area contributed by atoms with Crippen LogP contribution in [0.25, 0.3) is 0 Å². The van der Waals surface area contributed by atoms with Gasteiger partial charge in [0, 0.05) is 11.1 Å². The Hall–Kier alpha value is -1.02. The molecule has 0 aromatic heterocycles. The topological polar surface area (TPSA) is 35.2 Å². The maximum Gasteiger partial charge on any atom is 0.124 e. The Morgan fingerprint density at radius 2 is 1.93 bits per heavy atom. The lowest BCUT2D eigenvalue weighted by molar-refractivity contribution is 0.234. The maximum atomic E-state index is 6.23. The van der Waals surface area contributed by atoms with Crippen LogP contribution in [0, 0.1) is 0 Å². The Labute approximate surface area is 92.4 Å². The van der Waals surface area contributed by atoms with Crippen molar-refractivity contribution >= 4 is 0 Å². The van der Waals surface area contributed by atoms with Gasteiger partial charge in [0.2, 0.25) is 0 Å². The molecule has 1 atom stereocenters. The van der Waals surface area contributed by atoms with Gasteiger partial charge in [0.1, 0.15) is 5.75 Å². The highest BCUT2D eigenvalue weighted by Gasteiger charge is 2.22. The standard InChI is InChI=1S/C13H21NO/c1-5-13(4,14)11-8-6-7-9-12(11)15-10(2)3/h6-10H,5,14H2,1-4H3. The van der Waals surface area contributed by atoms with Crippen LogP contribution >= 0.6 is 0 Å². The lowest BCUT2D eigenvalue weighted by Gasteiger charge is -2.26. The Morgan fingerprint density at radius 3 is 2.47 bits per heavy atom. The summed E-state index contributed by atoms with van der Waals surface area (Å²) in [6, 6.07) is 8.01. The summed E-state index contributed by atoms with van der Waals surface area (Å²) in [5.74, 6) is 0.902. The molecular weight excluding hydrogens is 186 g/mol. The summed E-state index contributed by atoms with van der Waals surface area (Å²) in [4.78, 5) is 0. The molecule has 84 valence electrons. The first-order chi connectivity index (χ1) is 6.97. The summed E-state index contributed by atoms with van der Waals surface area (Å²) in [6.45, 7) is 8.18. The van der Waals surface area contributed by atoms with Gasteiger partial charge in [-0.25, -0.2) is 0 Å². The van der Waals surface area contributed by atoms with E-state index in [1.54, 1.807) is 0 Å². The molecule has 2 N–H and O–H groups in total. The molecule has 0 aliphatic rings. The van der Waals surface area contributed by atoms with Crippen LogP contribution < -0.4 is 10.5 Å². The van der Waals surface area contributed by atoms with Crippen molar-refractivity contribution in [3.63, 3.8) is 0 Å². The number of para-hydroxylation sites is 1. The van der Waals surface area contributed by atoms with E-state index < -0.39 is 0 Å². The summed E-state index contributed by atoms with van der Waals surface area (Å²) in [5.41, 5.74) is 7.00. The van der Waals surface area contributed by atoms with E-state index >= 15 is 0 Å². The third-order valence-corrected chi connectivity index (χ3v) is 2.60. The molecule has 0 amide bonds. The van der Waals surface area contributed by atoms with Crippen LogP contribution in [-0.2, 0) is 5.54 Å². The summed E-state index contributed by atoms with van der Waals surface area (Å²) in [7, 11) is 0. The van der Waals surface area contributed by atoms with Crippen molar-refractivity contribution in [2.45, 2.75) is 45.8 Å². The molecule has 0 saturated heterocycles. The molecule has 1 rings (SSSR count). The molecule has 1 aromatic rings. The molecule has 15 heavy (non-hydrogen) atoms. The smallest absolute Gasteiger partial charge is 0.124 e. The minimum absolute atomic E-state index is 0.179. The van der Waals surface area contributed by atoms with Gasteiger partial charge in [-0.05, 0) is 33.3 Å². The van der Waals surface area contributed by atoms with Crippen LogP contribution in [0.2, 0.25) is 0 Å². The minimum Gasteiger partial charge on any atom is -0.491 e. The van der Waals surface area contributed by atoms with Crippen molar-refractivity contribution in [2.24, 2.45) is 5.73 Å². The summed E-state index contributed by atoms with van der Waals surface area (Å²) >= 11 is 0. The fourth-order valence-corrected chi connectivity index (χ4v) is 1.49. The SMILES string of the molecule is CCC(C)(N)c1ccccc1OC(C)C. The molecule has 0 heterocycles. The average Bonchev–Trinajstić information content (AvgIpc) is 2.17. The van der Waals surface area contributed by atoms with Crippen molar-refractivity contribution < 1.29 is 4.74 Å². The van der Waals surface area contributed by atoms with Gasteiger partial charge in [-0.2, -0.15) is 0 Å². The Balaban J connectivity index is 3.06. The monoisotopic (exact) mass is 207 g/mol. The predicted molar refractivity (Wildman–Crippen MR) is 64.0 cm³/mol. The highest BCUT2D eigenvalue weighted by Crippen LogP contribution is 2.30. The van der Waals surface area contributed by atoms with E-state index in [-0.39, 0.29) is 11.6 Å². The summed E-state index contributed by atoms with van der Waals surface area (Å²) in [5, 5.41) is 0. The third kappa shape index (κ3) is 2.96. The number of hydrogen-bond acceptors (Lipinski definition) is 2. The fourth-order valence-electron chi connectivity index (χ4n) is 1.49. The van der Waals surface area contributed by atoms with Gasteiger partial charge in [0.15, 0.2) is 0 Å². The van der Waals surface area contributed by atoms with Crippen molar-refractivity contribution in [2.75, 3.05) is 0 Å². The molecule has 1 unspecified atom stereocenters. The first-order valence-electron chi connectivity index (χ1n) is 5.52. The predicted octanol–water partition coefficient (Wildman–Crippen LogP) is 3.06. The average molecular weight is 207 g/mol. The quantitative estimate of drug-likeness (QED) is 0.823. The molecule has 1 aromatic carbocycles. The molecule has 0 saturated carbocycles. The van der Waals surface area contributed by atoms with Crippen LogP contribution in [0.5, 0.6) is 5.75 Å². The Morgan fingerprint density at radius 1 is 1.33 bits per heavy atom. The van der Waals surface area contributed by atoms with Gasteiger partial charge in [-0.1, -0.05) is 25.1 Å². The van der Waals surface area contributed by atoms with E-state index in [9.17, 15) is 0 Å². The second kappa shape index (κ2) is 4.67. The molecule has 0 spiro atoms. The van der Waals surface area contributed by atoms with E-state index in [0.29, 0.717) is 0 Å². The molecule has 0 radical (unpaired) electrons. The number of rotatable bonds is 4. The Bertz CT molecular complexity index is 318. The van der Waals surface area contributed by atoms with E-state index in [4.69, 9.17) is 10.5 Å². The molecule has 0 aliphatic carbocycles. The molecule has 0 bridgehead atoms. The van der Waals surface area contributed by atoms with Crippen LogP contribution in [0.15, 0.2) is 24.3 Å². The largest absolute Gasteiger partial charge is 0.491 e. The first kappa shape index (κ1) is 12.1. The van der Waals surface area contributed by atoms with Gasteiger partial charge in [0.05, 0.1) is 6.10 Å². The normalized spacial score (nSPS) is 15.1. The molecule has 0 aliphatic heterocycles. The van der Waals surface area contributed by atoms with Crippen molar-refractivity contribution in [3.8, 4) is 5.75 Å². The third-order valence-electron chi connectivity index (χ3n) is 2.60. The number of hydrogen-bond donors (Lipinski definition) is 1. The van der Waals surface area contributed by atoms with Gasteiger partial charge in [-0.15, -0.1) is 0 Å². The van der Waals surface area contributed by atoms with E-state index in [0.717, 1.165) is 17.7 Å². The highest BCUT2D eigenvalue weighted by atomic mass is 16.5. The second-order valence-corrected chi connectivity index (χ2v) is 4.43. The molecule has 0 fully saturated rings. The van der Waals surface area contributed by atoms with Crippen molar-refractivity contribution in [1.29, 1.82) is 0 Å². The lowest BCUT2D eigenvalue weighted by Crippen LogP contribution is -2.32. The first-order valence-corrected chi connectivity index (χ1v) is 5.52. The van der Waals surface area contributed by atoms with Gasteiger partial charge in [-0.3, -0.25) is 0 Å². The van der Waals surface area contributed by atoms with Crippen LogP contribution in [-0.4, -0.2) is 6.10 Å². The van der Waals surface area contributed by atoms with Crippen LogP contribution in [0.3, 0.4) is 0 Å². The summed E-state index contributed by atoms with van der Waals surface area (Å²) in [6.07, 6.45) is 1.07. The van der Waals surface area contributed by atoms with Crippen LogP contribution in [0.4, 0.5) is 0 Å². The zero-order valence-electron chi connectivity index (χ0n) is 10.1. The number of nitrogens with two attached hydrogens (primary N) is 1. The summed E-state index contributed by atoms with van der Waals surface area (Å²) < 4.78 is 5.75. The van der Waals surface area contributed by atoms with Gasteiger partial charge in [0.25, 0.3) is 0 Å². The zero-order valence-corrected chi connectivity index (χ0v) is 10.1. The van der Waals surface area contributed by atoms with E-state index in [1.807, 2.05) is 45.0 Å². The second-order valence-electron chi connectivity index (χ2n) is 4.43. The van der Waals surface area contributed by atoms with E-state index in [2.05, 4.69) is 6.92 Å². The fraction of sp³-hybridized carbons (Fsp3) is 0.538. The lowest BCUT2D eigenvalue weighted by atomic mass is 9.90. The Kier molecular flexibility index (Phi) is 3.75. The zero-order chi connectivity index (χ0) is 11.5. The van der Waals surface area contributed by atoms with Gasteiger partial charge < -0.3 is 10.5 Å². The van der Waals surface area contributed by atoms with Crippen molar-refractivity contribution in [3.05, 3.63) is 29.8 Å². The van der Waals surface area contributed by atoms with Gasteiger partial charge >= 0.3 is 0 Å². The van der Waals surface area contributed by atoms with Crippen molar-refractivity contribution in [1.82, 2.24) is 0 Å². The van der Waals surface area contributed by atoms with E-state index in [1.165, 1.54) is 0 Å². The highest BCUT2D eigenvalue weighted by molar-refractivity contribution is 5.38. The number of benzene rings is 1. The minimum atomic E-state index is -0.314. The van der Waals surface area contributed by atoms with Crippen LogP contribution in [0.1, 0.15) is 39.7 Å². The molecule has 2 nitrogen and oxygen atoms in total. The maximum absolute atomic E-state index is 6.23. The molecular formula is C13H21NO. The molecule has 2 heteroatoms.